The van der Waals surface area contributed by atoms with Crippen LogP contribution < -0.4 is 10.1 Å². The van der Waals surface area contributed by atoms with Gasteiger partial charge in [-0.2, -0.15) is 0 Å². The first-order chi connectivity index (χ1) is 9.01. The van der Waals surface area contributed by atoms with Gasteiger partial charge in [0, 0.05) is 11.1 Å². The maximum Gasteiger partial charge on any atom is 0.251 e. The monoisotopic (exact) mass is 265 g/mol. The smallest absolute Gasteiger partial charge is 0.251 e. The van der Waals surface area contributed by atoms with Gasteiger partial charge in [-0.15, -0.1) is 0 Å². The normalized spacial score (nSPS) is 11.2. The zero-order valence-electron chi connectivity index (χ0n) is 12.1. The van der Waals surface area contributed by atoms with Crippen LogP contribution >= 0.6 is 0 Å². The highest BCUT2D eigenvalue weighted by Crippen LogP contribution is 2.27. The molecule has 2 N–H and O–H groups in total. The van der Waals surface area contributed by atoms with Crippen molar-refractivity contribution in [1.82, 2.24) is 5.32 Å². The van der Waals surface area contributed by atoms with Crippen molar-refractivity contribution in [2.45, 2.75) is 45.6 Å². The molecule has 19 heavy (non-hydrogen) atoms. The minimum atomic E-state index is -0.174. The molecule has 0 bridgehead atoms. The minimum absolute atomic E-state index is 0.0229. The lowest BCUT2D eigenvalue weighted by Crippen LogP contribution is -2.47. The zero-order valence-corrected chi connectivity index (χ0v) is 12.1. The summed E-state index contributed by atoms with van der Waals surface area (Å²) in [5, 5.41) is 12.8. The van der Waals surface area contributed by atoms with Gasteiger partial charge in [-0.3, -0.25) is 4.79 Å². The van der Waals surface area contributed by atoms with Crippen molar-refractivity contribution < 1.29 is 14.6 Å². The number of carbonyl (C=O) groups excluding carboxylic acids is 1. The number of aromatic hydroxyl groups is 1. The highest BCUT2D eigenvalue weighted by atomic mass is 16.5. The van der Waals surface area contributed by atoms with Crippen LogP contribution in [0.2, 0.25) is 0 Å². The molecule has 1 amide bonds. The largest absolute Gasteiger partial charge is 0.504 e. The third-order valence-corrected chi connectivity index (χ3v) is 3.85. The van der Waals surface area contributed by atoms with E-state index in [1.807, 2.05) is 0 Å². The molecule has 0 aliphatic carbocycles. The van der Waals surface area contributed by atoms with Crippen molar-refractivity contribution in [2.24, 2.45) is 0 Å². The van der Waals surface area contributed by atoms with Crippen LogP contribution in [-0.2, 0) is 0 Å². The lowest BCUT2D eigenvalue weighted by Gasteiger charge is -2.31. The Balaban J connectivity index is 2.92. The van der Waals surface area contributed by atoms with Gasteiger partial charge >= 0.3 is 0 Å². The second-order valence-electron chi connectivity index (χ2n) is 4.68. The molecule has 0 aliphatic rings. The van der Waals surface area contributed by atoms with E-state index in [1.165, 1.54) is 13.2 Å². The van der Waals surface area contributed by atoms with E-state index in [0.717, 1.165) is 19.3 Å². The van der Waals surface area contributed by atoms with Gasteiger partial charge in [0.1, 0.15) is 0 Å². The van der Waals surface area contributed by atoms with Crippen LogP contribution in [0.15, 0.2) is 18.2 Å². The summed E-state index contributed by atoms with van der Waals surface area (Å²) in [5.41, 5.74) is 0.269. The van der Waals surface area contributed by atoms with E-state index in [0.29, 0.717) is 11.3 Å². The summed E-state index contributed by atoms with van der Waals surface area (Å²) in [7, 11) is 1.48. The number of hydrogen-bond donors (Lipinski definition) is 2. The summed E-state index contributed by atoms with van der Waals surface area (Å²) in [6.45, 7) is 6.20. The molecule has 0 spiro atoms. The SMILES string of the molecule is CCC(CC)(CC)NC(=O)c1ccc(OC)c(O)c1. The topological polar surface area (TPSA) is 58.6 Å². The molecule has 0 heterocycles. The molecule has 0 saturated carbocycles. The predicted molar refractivity (Wildman–Crippen MR) is 75.7 cm³/mol. The van der Waals surface area contributed by atoms with E-state index in [-0.39, 0.29) is 17.2 Å². The Kier molecular flexibility index (Phi) is 5.21. The van der Waals surface area contributed by atoms with E-state index in [4.69, 9.17) is 4.74 Å². The van der Waals surface area contributed by atoms with Crippen LogP contribution in [0.1, 0.15) is 50.4 Å². The first-order valence-corrected chi connectivity index (χ1v) is 6.71. The molecular formula is C15H23NO3. The van der Waals surface area contributed by atoms with Crippen LogP contribution in [-0.4, -0.2) is 23.7 Å². The van der Waals surface area contributed by atoms with E-state index in [2.05, 4.69) is 26.1 Å². The van der Waals surface area contributed by atoms with Gasteiger partial charge in [0.15, 0.2) is 11.5 Å². The molecule has 0 aliphatic heterocycles. The van der Waals surface area contributed by atoms with Crippen molar-refractivity contribution >= 4 is 5.91 Å². The highest BCUT2D eigenvalue weighted by Gasteiger charge is 2.26. The van der Waals surface area contributed by atoms with Crippen LogP contribution in [0.25, 0.3) is 0 Å². The summed E-state index contributed by atoms with van der Waals surface area (Å²) in [4.78, 5) is 12.2. The molecule has 0 fully saturated rings. The number of ether oxygens (including phenoxy) is 1. The highest BCUT2D eigenvalue weighted by molar-refractivity contribution is 5.95. The fourth-order valence-electron chi connectivity index (χ4n) is 2.16. The molecule has 0 unspecified atom stereocenters. The lowest BCUT2D eigenvalue weighted by molar-refractivity contribution is 0.0887. The number of carbonyl (C=O) groups is 1. The number of nitrogens with one attached hydrogen (secondary N) is 1. The summed E-state index contributed by atoms with van der Waals surface area (Å²) in [6.07, 6.45) is 2.65. The second kappa shape index (κ2) is 6.45. The Morgan fingerprint density at radius 2 is 1.84 bits per heavy atom. The first kappa shape index (κ1) is 15.3. The average Bonchev–Trinajstić information content (AvgIpc) is 2.44. The number of hydrogen-bond acceptors (Lipinski definition) is 3. The molecule has 0 saturated heterocycles. The Morgan fingerprint density at radius 3 is 2.26 bits per heavy atom. The molecule has 106 valence electrons. The molecule has 4 heteroatoms. The number of benzene rings is 1. The van der Waals surface area contributed by atoms with Gasteiger partial charge in [-0.1, -0.05) is 20.8 Å². The maximum absolute atomic E-state index is 12.2. The van der Waals surface area contributed by atoms with Crippen molar-refractivity contribution in [3.05, 3.63) is 23.8 Å². The number of amides is 1. The quantitative estimate of drug-likeness (QED) is 0.831. The summed E-state index contributed by atoms with van der Waals surface area (Å²) >= 11 is 0. The van der Waals surface area contributed by atoms with Crippen molar-refractivity contribution in [3.63, 3.8) is 0 Å². The molecule has 1 rings (SSSR count). The molecule has 0 radical (unpaired) electrons. The van der Waals surface area contributed by atoms with Crippen molar-refractivity contribution in [2.75, 3.05) is 7.11 Å². The first-order valence-electron chi connectivity index (χ1n) is 6.71. The van der Waals surface area contributed by atoms with E-state index in [1.54, 1.807) is 12.1 Å². The van der Waals surface area contributed by atoms with Crippen LogP contribution in [0.3, 0.4) is 0 Å². The summed E-state index contributed by atoms with van der Waals surface area (Å²) in [6, 6.07) is 4.68. The average molecular weight is 265 g/mol. The second-order valence-corrected chi connectivity index (χ2v) is 4.68. The number of methoxy groups -OCH3 is 1. The summed E-state index contributed by atoms with van der Waals surface area (Å²) < 4.78 is 4.96. The third kappa shape index (κ3) is 3.40. The van der Waals surface area contributed by atoms with Gasteiger partial charge < -0.3 is 15.2 Å². The van der Waals surface area contributed by atoms with E-state index >= 15 is 0 Å². The molecule has 0 aromatic heterocycles. The van der Waals surface area contributed by atoms with Crippen LogP contribution in [0, 0.1) is 0 Å². The van der Waals surface area contributed by atoms with Gasteiger partial charge in [-0.25, -0.2) is 0 Å². The molecule has 1 aromatic rings. The zero-order chi connectivity index (χ0) is 14.5. The summed E-state index contributed by atoms with van der Waals surface area (Å²) in [5.74, 6) is 0.179. The standard InChI is InChI=1S/C15H23NO3/c1-5-15(6-2,7-3)16-14(18)11-8-9-13(19-4)12(17)10-11/h8-10,17H,5-7H2,1-4H3,(H,16,18). The predicted octanol–water partition coefficient (Wildman–Crippen LogP) is 3.10. The Labute approximate surface area is 114 Å². The third-order valence-electron chi connectivity index (χ3n) is 3.85. The van der Waals surface area contributed by atoms with Gasteiger partial charge in [-0.05, 0) is 37.5 Å². The maximum atomic E-state index is 12.2. The fourth-order valence-corrected chi connectivity index (χ4v) is 2.16. The molecular weight excluding hydrogens is 242 g/mol. The Bertz CT molecular complexity index is 431. The van der Waals surface area contributed by atoms with Crippen LogP contribution in [0.4, 0.5) is 0 Å². The van der Waals surface area contributed by atoms with Crippen molar-refractivity contribution in [3.8, 4) is 11.5 Å². The van der Waals surface area contributed by atoms with E-state index < -0.39 is 0 Å². The van der Waals surface area contributed by atoms with Crippen molar-refractivity contribution in [1.29, 1.82) is 0 Å². The Morgan fingerprint density at radius 1 is 1.26 bits per heavy atom. The molecule has 4 nitrogen and oxygen atoms in total. The number of phenols is 1. The molecule has 0 atom stereocenters. The number of rotatable bonds is 6. The Hall–Kier alpha value is -1.71. The van der Waals surface area contributed by atoms with Crippen LogP contribution in [0.5, 0.6) is 11.5 Å². The fraction of sp³-hybridized carbons (Fsp3) is 0.533. The molecule has 1 aromatic carbocycles. The lowest BCUT2D eigenvalue weighted by atomic mass is 9.89. The van der Waals surface area contributed by atoms with Gasteiger partial charge in [0.05, 0.1) is 7.11 Å². The van der Waals surface area contributed by atoms with Gasteiger partial charge in [0.25, 0.3) is 5.91 Å². The van der Waals surface area contributed by atoms with E-state index in [9.17, 15) is 9.90 Å². The number of phenolic OH excluding ortho intramolecular Hbond substituents is 1. The van der Waals surface area contributed by atoms with Gasteiger partial charge in [0.2, 0.25) is 0 Å². The minimum Gasteiger partial charge on any atom is -0.504 e.